The van der Waals surface area contributed by atoms with Gasteiger partial charge in [0.25, 0.3) is 5.78 Å². The van der Waals surface area contributed by atoms with E-state index in [9.17, 15) is 14.7 Å². The van der Waals surface area contributed by atoms with Crippen LogP contribution in [0.2, 0.25) is 5.02 Å². The number of carbonyl (C=O) groups excluding carboxylic acids is 2. The van der Waals surface area contributed by atoms with E-state index in [1.54, 1.807) is 42.5 Å². The summed E-state index contributed by atoms with van der Waals surface area (Å²) < 4.78 is 12.9. The molecule has 0 bridgehead atoms. The Morgan fingerprint density at radius 3 is 2.51 bits per heavy atom. The summed E-state index contributed by atoms with van der Waals surface area (Å²) in [4.78, 5) is 28.4. The summed E-state index contributed by atoms with van der Waals surface area (Å²) in [5.41, 5.74) is 1.94. The van der Waals surface area contributed by atoms with Gasteiger partial charge in [0.1, 0.15) is 5.76 Å². The molecule has 0 radical (unpaired) electrons. The summed E-state index contributed by atoms with van der Waals surface area (Å²) >= 11 is 12.0. The zero-order chi connectivity index (χ0) is 30.5. The average molecular weight is 701 g/mol. The second-order valence-corrected chi connectivity index (χ2v) is 13.1. The highest BCUT2D eigenvalue weighted by Crippen LogP contribution is 2.45. The van der Waals surface area contributed by atoms with E-state index >= 15 is 0 Å². The van der Waals surface area contributed by atoms with Crippen molar-refractivity contribution in [2.24, 2.45) is 0 Å². The number of thioether (sulfide) groups is 1. The van der Waals surface area contributed by atoms with Gasteiger partial charge in [-0.15, -0.1) is 10.2 Å². The van der Waals surface area contributed by atoms with Gasteiger partial charge in [-0.2, -0.15) is 0 Å². The van der Waals surface area contributed by atoms with E-state index in [-0.39, 0.29) is 16.5 Å². The molecule has 1 atom stereocenters. The number of hydrogen-bond acceptors (Lipinski definition) is 9. The minimum atomic E-state index is -0.982. The number of aliphatic hydroxyl groups is 1. The average Bonchev–Trinajstić information content (AvgIpc) is 3.59. The van der Waals surface area contributed by atoms with Gasteiger partial charge < -0.3 is 14.6 Å². The maximum absolute atomic E-state index is 13.6. The Morgan fingerprint density at radius 1 is 1.07 bits per heavy atom. The molecular weight excluding hydrogens is 674 g/mol. The molecule has 5 rings (SSSR count). The summed E-state index contributed by atoms with van der Waals surface area (Å²) in [5, 5.41) is 20.9. The first-order valence-corrected chi connectivity index (χ1v) is 16.4. The molecular formula is C31H27BrClN3O5S2. The zero-order valence-corrected chi connectivity index (χ0v) is 27.2. The highest BCUT2D eigenvalue weighted by Gasteiger charge is 2.48. The SMILES string of the molecule is CCCCOc1ccc(C2/C(=C(/O)c3ccc(Br)cc3)C(=O)C(=O)N2c2nnc(SCc3ccc(Cl)cc3)s2)cc1OC. The zero-order valence-electron chi connectivity index (χ0n) is 23.3. The van der Waals surface area contributed by atoms with Crippen LogP contribution in [0.1, 0.15) is 42.5 Å². The van der Waals surface area contributed by atoms with Gasteiger partial charge in [0.15, 0.2) is 15.8 Å². The third-order valence-electron chi connectivity index (χ3n) is 6.70. The number of anilines is 1. The van der Waals surface area contributed by atoms with E-state index in [2.05, 4.69) is 33.1 Å². The smallest absolute Gasteiger partial charge is 0.301 e. The van der Waals surface area contributed by atoms with E-state index in [4.69, 9.17) is 21.1 Å². The molecule has 0 aliphatic carbocycles. The monoisotopic (exact) mass is 699 g/mol. The third kappa shape index (κ3) is 6.90. The van der Waals surface area contributed by atoms with Crippen LogP contribution in [-0.2, 0) is 15.3 Å². The van der Waals surface area contributed by atoms with Gasteiger partial charge in [-0.25, -0.2) is 0 Å². The Hall–Kier alpha value is -3.38. The van der Waals surface area contributed by atoms with E-state index < -0.39 is 17.7 Å². The standard InChI is InChI=1S/C31H27BrClN3O5S2/c1-3-4-15-41-23-14-9-20(16-24(23)40-2)26-25(27(37)19-7-10-21(32)11-8-19)28(38)29(39)36(26)30-34-35-31(43-30)42-17-18-5-12-22(33)13-6-18/h5-14,16,26,37H,3-4,15,17H2,1-2H3/b27-25-. The van der Waals surface area contributed by atoms with Crippen LogP contribution >= 0.6 is 50.6 Å². The molecule has 0 spiro atoms. The molecule has 1 N–H and O–H groups in total. The molecule has 3 aromatic carbocycles. The number of unbranched alkanes of at least 4 members (excludes halogenated alkanes) is 1. The second kappa shape index (κ2) is 13.9. The molecule has 1 fully saturated rings. The maximum atomic E-state index is 13.6. The van der Waals surface area contributed by atoms with E-state index in [0.29, 0.717) is 44.3 Å². The van der Waals surface area contributed by atoms with E-state index in [0.717, 1.165) is 22.9 Å². The topological polar surface area (TPSA) is 102 Å². The van der Waals surface area contributed by atoms with Crippen molar-refractivity contribution in [3.63, 3.8) is 0 Å². The number of nitrogens with zero attached hydrogens (tertiary/aromatic N) is 3. The van der Waals surface area contributed by atoms with Crippen LogP contribution in [0.5, 0.6) is 11.5 Å². The van der Waals surface area contributed by atoms with Crippen molar-refractivity contribution in [2.45, 2.75) is 35.9 Å². The first-order chi connectivity index (χ1) is 20.8. The van der Waals surface area contributed by atoms with Crippen LogP contribution in [0.25, 0.3) is 5.76 Å². The third-order valence-corrected chi connectivity index (χ3v) is 9.61. The van der Waals surface area contributed by atoms with Crippen molar-refractivity contribution in [3.8, 4) is 11.5 Å². The first-order valence-electron chi connectivity index (χ1n) is 13.4. The fourth-order valence-corrected chi connectivity index (χ4v) is 6.71. The number of amides is 1. The van der Waals surface area contributed by atoms with Gasteiger partial charge in [0.2, 0.25) is 5.13 Å². The van der Waals surface area contributed by atoms with Crippen LogP contribution in [0.15, 0.2) is 81.1 Å². The Bertz CT molecular complexity index is 1660. The summed E-state index contributed by atoms with van der Waals surface area (Å²) in [5.74, 6) is -0.313. The van der Waals surface area contributed by atoms with Gasteiger partial charge in [0, 0.05) is 20.8 Å². The molecule has 0 saturated carbocycles. The van der Waals surface area contributed by atoms with Crippen LogP contribution in [0, 0.1) is 0 Å². The van der Waals surface area contributed by atoms with Crippen molar-refractivity contribution < 1.29 is 24.2 Å². The van der Waals surface area contributed by atoms with Crippen molar-refractivity contribution in [3.05, 3.63) is 98.5 Å². The Balaban J connectivity index is 1.55. The van der Waals surface area contributed by atoms with Gasteiger partial charge in [0.05, 0.1) is 25.3 Å². The number of hydrogen-bond donors (Lipinski definition) is 1. The summed E-state index contributed by atoms with van der Waals surface area (Å²) in [7, 11) is 1.53. The molecule has 43 heavy (non-hydrogen) atoms. The minimum Gasteiger partial charge on any atom is -0.507 e. The van der Waals surface area contributed by atoms with Crippen LogP contribution in [0.3, 0.4) is 0 Å². The fraction of sp³-hybridized carbons (Fsp3) is 0.226. The molecule has 1 unspecified atom stereocenters. The predicted octanol–water partition coefficient (Wildman–Crippen LogP) is 8.06. The number of carbonyl (C=O) groups is 2. The molecule has 222 valence electrons. The second-order valence-electron chi connectivity index (χ2n) is 9.55. The maximum Gasteiger partial charge on any atom is 0.301 e. The highest BCUT2D eigenvalue weighted by atomic mass is 79.9. The number of aromatic nitrogens is 2. The molecule has 8 nitrogen and oxygen atoms in total. The van der Waals surface area contributed by atoms with Crippen molar-refractivity contribution in [2.75, 3.05) is 18.6 Å². The molecule has 12 heteroatoms. The quantitative estimate of drug-likeness (QED) is 0.0419. The molecule has 1 amide bonds. The lowest BCUT2D eigenvalue weighted by atomic mass is 9.95. The predicted molar refractivity (Wildman–Crippen MR) is 173 cm³/mol. The van der Waals surface area contributed by atoms with Crippen LogP contribution in [0.4, 0.5) is 5.13 Å². The van der Waals surface area contributed by atoms with Gasteiger partial charge in [-0.3, -0.25) is 14.5 Å². The lowest BCUT2D eigenvalue weighted by molar-refractivity contribution is -0.132. The summed E-state index contributed by atoms with van der Waals surface area (Å²) in [6, 6.07) is 18.6. The van der Waals surface area contributed by atoms with Crippen molar-refractivity contribution in [1.82, 2.24) is 10.2 Å². The summed E-state index contributed by atoms with van der Waals surface area (Å²) in [6.07, 6.45) is 1.86. The number of rotatable bonds is 11. The number of halogens is 2. The number of benzene rings is 3. The van der Waals surface area contributed by atoms with Crippen molar-refractivity contribution >= 4 is 73.2 Å². The summed E-state index contributed by atoms with van der Waals surface area (Å²) in [6.45, 7) is 2.60. The Kier molecular flexibility index (Phi) is 10.1. The van der Waals surface area contributed by atoms with Gasteiger partial charge in [-0.05, 0) is 53.9 Å². The lowest BCUT2D eigenvalue weighted by Crippen LogP contribution is -2.29. The molecule has 1 saturated heterocycles. The van der Waals surface area contributed by atoms with Crippen LogP contribution in [-0.4, -0.2) is 40.7 Å². The number of aliphatic hydroxyl groups excluding tert-OH is 1. The normalized spacial score (nSPS) is 16.1. The number of methoxy groups -OCH3 is 1. The Labute approximate surface area is 270 Å². The first kappa shape index (κ1) is 31.1. The van der Waals surface area contributed by atoms with E-state index in [1.807, 2.05) is 24.3 Å². The molecule has 2 heterocycles. The Morgan fingerprint density at radius 2 is 1.81 bits per heavy atom. The minimum absolute atomic E-state index is 0.0559. The number of Topliss-reactive ketones (excluding diaryl/α,β-unsaturated/α-hetero) is 1. The van der Waals surface area contributed by atoms with E-state index in [1.165, 1.54) is 35.1 Å². The lowest BCUT2D eigenvalue weighted by Gasteiger charge is -2.23. The van der Waals surface area contributed by atoms with Gasteiger partial charge >= 0.3 is 5.91 Å². The molecule has 1 aliphatic heterocycles. The molecule has 1 aliphatic rings. The number of ether oxygens (including phenoxy) is 2. The van der Waals surface area contributed by atoms with Crippen molar-refractivity contribution in [1.29, 1.82) is 0 Å². The molecule has 4 aromatic rings. The molecule has 1 aromatic heterocycles. The van der Waals surface area contributed by atoms with Gasteiger partial charge in [-0.1, -0.05) is 94.3 Å². The largest absolute Gasteiger partial charge is 0.507 e. The number of ketones is 1. The fourth-order valence-electron chi connectivity index (χ4n) is 4.49. The highest BCUT2D eigenvalue weighted by molar-refractivity contribution is 9.10. The van der Waals surface area contributed by atoms with Crippen LogP contribution < -0.4 is 14.4 Å².